The molecule has 1 aliphatic rings. The molecular weight excluding hydrogens is 336 g/mol. The van der Waals surface area contributed by atoms with E-state index in [1.54, 1.807) is 32.0 Å². The van der Waals surface area contributed by atoms with Gasteiger partial charge in [0.25, 0.3) is 0 Å². The Kier molecular flexibility index (Phi) is 5.81. The summed E-state index contributed by atoms with van der Waals surface area (Å²) in [5, 5.41) is 5.44. The molecule has 0 saturated carbocycles. The third kappa shape index (κ3) is 4.26. The van der Waals surface area contributed by atoms with Crippen LogP contribution in [0.1, 0.15) is 24.2 Å². The van der Waals surface area contributed by atoms with E-state index in [9.17, 15) is 14.4 Å². The summed E-state index contributed by atoms with van der Waals surface area (Å²) in [7, 11) is 0. The van der Waals surface area contributed by atoms with Crippen LogP contribution in [0.2, 0.25) is 5.02 Å². The minimum Gasteiger partial charge on any atom is -0.463 e. The molecule has 1 aliphatic heterocycles. The van der Waals surface area contributed by atoms with Crippen molar-refractivity contribution in [1.82, 2.24) is 10.6 Å². The normalized spacial score (nSPS) is 17.0. The van der Waals surface area contributed by atoms with Crippen LogP contribution in [-0.2, 0) is 14.3 Å². The number of halogens is 1. The fraction of sp³-hybridized carbons (Fsp3) is 0.312. The lowest BCUT2D eigenvalue weighted by Crippen LogP contribution is -2.50. The average Bonchev–Trinajstić information content (AvgIpc) is 2.52. The lowest BCUT2D eigenvalue weighted by Gasteiger charge is -2.26. The summed E-state index contributed by atoms with van der Waals surface area (Å²) in [5.41, 5.74) is 0.685. The molecule has 1 atom stereocenters. The van der Waals surface area contributed by atoms with E-state index < -0.39 is 24.0 Å². The number of ether oxygens (including phenoxy) is 2. The van der Waals surface area contributed by atoms with Gasteiger partial charge in [-0.15, -0.1) is 0 Å². The number of carbonyl (C=O) groups is 3. The quantitative estimate of drug-likeness (QED) is 0.791. The first-order valence-electron chi connectivity index (χ1n) is 7.32. The van der Waals surface area contributed by atoms with E-state index in [1.807, 2.05) is 0 Å². The van der Waals surface area contributed by atoms with E-state index in [2.05, 4.69) is 10.6 Å². The molecule has 1 aromatic carbocycles. The maximum absolute atomic E-state index is 12.1. The standard InChI is InChI=1S/C16H17ClN2O5/c1-3-23-15(21)13-9(2)18-16(22)19-12(13)8-24-14(20)10-5-4-6-11(17)7-10/h4-7,9H,3,8H2,1-2H3,(H2,18,19,22)/t9-/m0/s1. The molecule has 0 unspecified atom stereocenters. The van der Waals surface area contributed by atoms with Crippen LogP contribution in [0.3, 0.4) is 0 Å². The first-order chi connectivity index (χ1) is 11.4. The van der Waals surface area contributed by atoms with Crippen LogP contribution in [0.25, 0.3) is 0 Å². The number of carbonyl (C=O) groups excluding carboxylic acids is 3. The van der Waals surface area contributed by atoms with Crippen molar-refractivity contribution in [1.29, 1.82) is 0 Å². The molecule has 128 valence electrons. The van der Waals surface area contributed by atoms with Crippen molar-refractivity contribution in [3.8, 4) is 0 Å². The molecule has 24 heavy (non-hydrogen) atoms. The number of nitrogens with one attached hydrogen (secondary N) is 2. The minimum absolute atomic E-state index is 0.193. The van der Waals surface area contributed by atoms with Crippen LogP contribution in [0.4, 0.5) is 4.79 Å². The second-order valence-electron chi connectivity index (χ2n) is 5.02. The Morgan fingerprint density at radius 2 is 2.00 bits per heavy atom. The largest absolute Gasteiger partial charge is 0.463 e. The van der Waals surface area contributed by atoms with Gasteiger partial charge in [-0.25, -0.2) is 14.4 Å². The summed E-state index contributed by atoms with van der Waals surface area (Å²) >= 11 is 5.83. The van der Waals surface area contributed by atoms with Gasteiger partial charge in [0.05, 0.1) is 29.5 Å². The molecule has 7 nitrogen and oxygen atoms in total. The summed E-state index contributed by atoms with van der Waals surface area (Å²) in [6, 6.07) is 5.24. The fourth-order valence-electron chi connectivity index (χ4n) is 2.23. The van der Waals surface area contributed by atoms with E-state index in [1.165, 1.54) is 6.07 Å². The summed E-state index contributed by atoms with van der Waals surface area (Å²) in [6.07, 6.45) is 0. The number of benzene rings is 1. The molecule has 2 N–H and O–H groups in total. The van der Waals surface area contributed by atoms with Crippen LogP contribution in [0.15, 0.2) is 35.5 Å². The predicted octanol–water partition coefficient (Wildman–Crippen LogP) is 2.02. The number of hydrogen-bond acceptors (Lipinski definition) is 5. The zero-order valence-electron chi connectivity index (χ0n) is 13.2. The highest BCUT2D eigenvalue weighted by molar-refractivity contribution is 6.30. The Bertz CT molecular complexity index is 701. The van der Waals surface area contributed by atoms with Gasteiger partial charge in [0.1, 0.15) is 6.61 Å². The molecular formula is C16H17ClN2O5. The molecule has 2 amide bonds. The molecule has 0 saturated heterocycles. The highest BCUT2D eigenvalue weighted by atomic mass is 35.5. The van der Waals surface area contributed by atoms with Gasteiger partial charge in [-0.3, -0.25) is 0 Å². The molecule has 1 aromatic rings. The number of rotatable bonds is 5. The Labute approximate surface area is 144 Å². The van der Waals surface area contributed by atoms with Crippen LogP contribution in [0, 0.1) is 0 Å². The van der Waals surface area contributed by atoms with Crippen LogP contribution < -0.4 is 10.6 Å². The Balaban J connectivity index is 2.17. The molecule has 0 radical (unpaired) electrons. The first kappa shape index (κ1) is 17.8. The Hall–Kier alpha value is -2.54. The summed E-state index contributed by atoms with van der Waals surface area (Å²) in [4.78, 5) is 35.7. The van der Waals surface area contributed by atoms with E-state index in [4.69, 9.17) is 21.1 Å². The van der Waals surface area contributed by atoms with Gasteiger partial charge in [0.2, 0.25) is 0 Å². The van der Waals surface area contributed by atoms with Crippen molar-refractivity contribution in [3.05, 3.63) is 46.1 Å². The lowest BCUT2D eigenvalue weighted by atomic mass is 10.0. The maximum atomic E-state index is 12.1. The van der Waals surface area contributed by atoms with Crippen molar-refractivity contribution in [2.24, 2.45) is 0 Å². The Morgan fingerprint density at radius 1 is 1.25 bits per heavy atom. The van der Waals surface area contributed by atoms with Gasteiger partial charge in [0, 0.05) is 5.02 Å². The molecule has 0 fully saturated rings. The average molecular weight is 353 g/mol. The molecule has 0 bridgehead atoms. The second kappa shape index (κ2) is 7.83. The summed E-state index contributed by atoms with van der Waals surface area (Å²) in [5.74, 6) is -1.19. The van der Waals surface area contributed by atoms with Gasteiger partial charge in [-0.05, 0) is 32.0 Å². The van der Waals surface area contributed by atoms with E-state index >= 15 is 0 Å². The van der Waals surface area contributed by atoms with Crippen molar-refractivity contribution in [2.75, 3.05) is 13.2 Å². The van der Waals surface area contributed by atoms with Crippen LogP contribution in [-0.4, -0.2) is 37.2 Å². The van der Waals surface area contributed by atoms with E-state index in [0.717, 1.165) is 0 Å². The lowest BCUT2D eigenvalue weighted by molar-refractivity contribution is -0.139. The van der Waals surface area contributed by atoms with Crippen molar-refractivity contribution in [3.63, 3.8) is 0 Å². The number of urea groups is 1. The van der Waals surface area contributed by atoms with Gasteiger partial charge >= 0.3 is 18.0 Å². The maximum Gasteiger partial charge on any atom is 0.338 e. The minimum atomic E-state index is -0.617. The van der Waals surface area contributed by atoms with Gasteiger partial charge in [0.15, 0.2) is 0 Å². The second-order valence-corrected chi connectivity index (χ2v) is 5.46. The zero-order chi connectivity index (χ0) is 17.7. The number of amides is 2. The number of esters is 2. The summed E-state index contributed by atoms with van der Waals surface area (Å²) < 4.78 is 10.2. The van der Waals surface area contributed by atoms with Crippen molar-refractivity contribution in [2.45, 2.75) is 19.9 Å². The monoisotopic (exact) mass is 352 g/mol. The number of hydrogen-bond donors (Lipinski definition) is 2. The van der Waals surface area contributed by atoms with Crippen molar-refractivity contribution < 1.29 is 23.9 Å². The molecule has 8 heteroatoms. The van der Waals surface area contributed by atoms with Gasteiger partial charge in [-0.2, -0.15) is 0 Å². The molecule has 0 aliphatic carbocycles. The van der Waals surface area contributed by atoms with Gasteiger partial charge < -0.3 is 20.1 Å². The van der Waals surface area contributed by atoms with E-state index in [0.29, 0.717) is 5.02 Å². The molecule has 2 rings (SSSR count). The first-order valence-corrected chi connectivity index (χ1v) is 7.70. The molecule has 0 spiro atoms. The predicted molar refractivity (Wildman–Crippen MR) is 86.5 cm³/mol. The topological polar surface area (TPSA) is 93.7 Å². The Morgan fingerprint density at radius 3 is 2.67 bits per heavy atom. The zero-order valence-corrected chi connectivity index (χ0v) is 14.0. The van der Waals surface area contributed by atoms with Gasteiger partial charge in [-0.1, -0.05) is 17.7 Å². The third-order valence-electron chi connectivity index (χ3n) is 3.27. The SMILES string of the molecule is CCOC(=O)C1=C(COC(=O)c2cccc(Cl)c2)NC(=O)N[C@H]1C. The highest BCUT2D eigenvalue weighted by Crippen LogP contribution is 2.16. The van der Waals surface area contributed by atoms with Crippen LogP contribution in [0.5, 0.6) is 0 Å². The van der Waals surface area contributed by atoms with E-state index in [-0.39, 0.29) is 30.0 Å². The molecule has 1 heterocycles. The highest BCUT2D eigenvalue weighted by Gasteiger charge is 2.30. The fourth-order valence-corrected chi connectivity index (χ4v) is 2.42. The smallest absolute Gasteiger partial charge is 0.338 e. The molecule has 0 aromatic heterocycles. The summed E-state index contributed by atoms with van der Waals surface area (Å²) in [6.45, 7) is 3.25. The van der Waals surface area contributed by atoms with Crippen molar-refractivity contribution >= 4 is 29.6 Å². The van der Waals surface area contributed by atoms with Crippen LogP contribution >= 0.6 is 11.6 Å². The third-order valence-corrected chi connectivity index (χ3v) is 3.51.